The molecule has 4 aromatic rings. The van der Waals surface area contributed by atoms with Crippen LogP contribution in [0.3, 0.4) is 0 Å². The van der Waals surface area contributed by atoms with Gasteiger partial charge in [0.1, 0.15) is 16.6 Å². The lowest BCUT2D eigenvalue weighted by Crippen LogP contribution is -2.54. The number of benzene rings is 2. The molecule has 2 N–H and O–H groups in total. The molecule has 0 spiro atoms. The smallest absolute Gasteiger partial charge is 0.257 e. The largest absolute Gasteiger partial charge is 0.367 e. The van der Waals surface area contributed by atoms with E-state index in [1.165, 1.54) is 6.07 Å². The maximum atomic E-state index is 14.6. The molecule has 170 valence electrons. The van der Waals surface area contributed by atoms with Crippen molar-refractivity contribution in [2.24, 2.45) is 7.05 Å². The molecule has 2 aromatic carbocycles. The second-order valence-electron chi connectivity index (χ2n) is 8.81. The lowest BCUT2D eigenvalue weighted by Gasteiger charge is -2.38. The van der Waals surface area contributed by atoms with E-state index in [9.17, 15) is 9.18 Å². The van der Waals surface area contributed by atoms with E-state index in [4.69, 9.17) is 0 Å². The molecule has 0 saturated carbocycles. The summed E-state index contributed by atoms with van der Waals surface area (Å²) in [6.07, 6.45) is 4.96. The second-order valence-corrected chi connectivity index (χ2v) is 8.81. The quantitative estimate of drug-likeness (QED) is 0.501. The number of nitrogens with one attached hydrogen (secondary N) is 2. The number of hydrogen-bond donors (Lipinski definition) is 2. The number of halogens is 1. The van der Waals surface area contributed by atoms with Gasteiger partial charge in [0, 0.05) is 68.0 Å². The Morgan fingerprint density at radius 3 is 2.55 bits per heavy atom. The zero-order valence-corrected chi connectivity index (χ0v) is 19.1. The van der Waals surface area contributed by atoms with Crippen molar-refractivity contribution in [2.45, 2.75) is 32.9 Å². The molecule has 0 aliphatic carbocycles. The highest BCUT2D eigenvalue weighted by atomic mass is 19.1. The molecule has 2 atom stereocenters. The van der Waals surface area contributed by atoms with Gasteiger partial charge in [0.25, 0.3) is 5.91 Å². The number of carbonyl (C=O) groups excluding carboxylic acids is 1. The molecule has 0 radical (unpaired) electrons. The molecule has 5 rings (SSSR count). The number of aromatic nitrogens is 4. The molecule has 3 heterocycles. The van der Waals surface area contributed by atoms with Crippen LogP contribution in [-0.2, 0) is 7.05 Å². The highest BCUT2D eigenvalue weighted by molar-refractivity contribution is 6.13. The zero-order valence-electron chi connectivity index (χ0n) is 19.1. The van der Waals surface area contributed by atoms with Crippen LogP contribution in [0.4, 0.5) is 15.8 Å². The summed E-state index contributed by atoms with van der Waals surface area (Å²) in [6, 6.07) is 5.68. The summed E-state index contributed by atoms with van der Waals surface area (Å²) in [4.78, 5) is 24.6. The molecular formula is C24H26FN7O. The molecule has 1 saturated heterocycles. The summed E-state index contributed by atoms with van der Waals surface area (Å²) < 4.78 is 16.2. The van der Waals surface area contributed by atoms with Gasteiger partial charge in [0.05, 0.1) is 11.3 Å². The summed E-state index contributed by atoms with van der Waals surface area (Å²) in [7, 11) is 1.74. The van der Waals surface area contributed by atoms with Crippen LogP contribution < -0.4 is 15.5 Å². The van der Waals surface area contributed by atoms with Crippen molar-refractivity contribution in [1.82, 2.24) is 25.1 Å². The molecule has 2 unspecified atom stereocenters. The molecule has 33 heavy (non-hydrogen) atoms. The minimum absolute atomic E-state index is 0.285. The monoisotopic (exact) mass is 447 g/mol. The van der Waals surface area contributed by atoms with Gasteiger partial charge in [0.2, 0.25) is 0 Å². The lowest BCUT2D eigenvalue weighted by molar-refractivity contribution is 0.102. The standard InChI is InChI=1S/C24H26FN7O/c1-13-10-32(11-14(2)28-13)20-6-5-16(22-23(20)27-8-7-26-22)24(33)29-19-9-18(25)21-17(15(19)3)12-31(4)30-21/h5-9,12-14,28H,10-11H2,1-4H3,(H,29,33). The normalized spacial score (nSPS) is 18.8. The third-order valence-electron chi connectivity index (χ3n) is 6.13. The number of nitrogens with zero attached hydrogens (tertiary/aromatic N) is 5. The van der Waals surface area contributed by atoms with Gasteiger partial charge in [-0.1, -0.05) is 0 Å². The lowest BCUT2D eigenvalue weighted by atomic mass is 10.1. The molecule has 9 heteroatoms. The maximum absolute atomic E-state index is 14.6. The van der Waals surface area contributed by atoms with E-state index in [-0.39, 0.29) is 11.4 Å². The van der Waals surface area contributed by atoms with Gasteiger partial charge in [0.15, 0.2) is 5.82 Å². The zero-order chi connectivity index (χ0) is 23.3. The topological polar surface area (TPSA) is 88.0 Å². The first kappa shape index (κ1) is 21.3. The SMILES string of the molecule is Cc1c(NC(=O)c2ccc(N3CC(C)NC(C)C3)c3nccnc23)cc(F)c2nn(C)cc12. The van der Waals surface area contributed by atoms with Gasteiger partial charge in [-0.05, 0) is 38.5 Å². The van der Waals surface area contributed by atoms with E-state index in [0.29, 0.717) is 39.8 Å². The van der Waals surface area contributed by atoms with Crippen LogP contribution in [-0.4, -0.2) is 50.8 Å². The van der Waals surface area contributed by atoms with E-state index >= 15 is 0 Å². The highest BCUT2D eigenvalue weighted by Crippen LogP contribution is 2.31. The number of piperazine rings is 1. The molecule has 0 bridgehead atoms. The van der Waals surface area contributed by atoms with Crippen LogP contribution in [0.15, 0.2) is 36.8 Å². The summed E-state index contributed by atoms with van der Waals surface area (Å²) in [5, 5.41) is 11.2. The number of fused-ring (bicyclic) bond motifs is 2. The van der Waals surface area contributed by atoms with E-state index in [2.05, 4.69) is 44.4 Å². The molecule has 1 aliphatic rings. The van der Waals surface area contributed by atoms with Gasteiger partial charge < -0.3 is 15.5 Å². The Hall–Kier alpha value is -3.59. The number of carbonyl (C=O) groups is 1. The van der Waals surface area contributed by atoms with Crippen molar-refractivity contribution >= 4 is 39.2 Å². The Morgan fingerprint density at radius 1 is 1.12 bits per heavy atom. The van der Waals surface area contributed by atoms with Gasteiger partial charge in [-0.25, -0.2) is 4.39 Å². The van der Waals surface area contributed by atoms with Crippen LogP contribution >= 0.6 is 0 Å². The van der Waals surface area contributed by atoms with Crippen molar-refractivity contribution in [3.8, 4) is 0 Å². The van der Waals surface area contributed by atoms with Crippen LogP contribution in [0.2, 0.25) is 0 Å². The van der Waals surface area contributed by atoms with Crippen LogP contribution in [0, 0.1) is 12.7 Å². The molecule has 2 aromatic heterocycles. The van der Waals surface area contributed by atoms with Crippen LogP contribution in [0.5, 0.6) is 0 Å². The maximum Gasteiger partial charge on any atom is 0.257 e. The van der Waals surface area contributed by atoms with E-state index in [1.54, 1.807) is 36.4 Å². The van der Waals surface area contributed by atoms with E-state index in [0.717, 1.165) is 24.3 Å². The Bertz CT molecular complexity index is 1370. The van der Waals surface area contributed by atoms with Crippen molar-refractivity contribution in [1.29, 1.82) is 0 Å². The Balaban J connectivity index is 1.53. The van der Waals surface area contributed by atoms with Crippen LogP contribution in [0.1, 0.15) is 29.8 Å². The fourth-order valence-electron chi connectivity index (χ4n) is 4.71. The molecule has 1 aliphatic heterocycles. The minimum Gasteiger partial charge on any atom is -0.367 e. The van der Waals surface area contributed by atoms with Gasteiger partial charge >= 0.3 is 0 Å². The number of anilines is 2. The Labute approximate surface area is 190 Å². The summed E-state index contributed by atoms with van der Waals surface area (Å²) in [6.45, 7) is 7.82. The van der Waals surface area contributed by atoms with Crippen molar-refractivity contribution in [2.75, 3.05) is 23.3 Å². The number of aryl methyl sites for hydroxylation is 2. The predicted molar refractivity (Wildman–Crippen MR) is 127 cm³/mol. The minimum atomic E-state index is -0.478. The summed E-state index contributed by atoms with van der Waals surface area (Å²) >= 11 is 0. The average molecular weight is 448 g/mol. The number of hydrogen-bond acceptors (Lipinski definition) is 6. The van der Waals surface area contributed by atoms with Gasteiger partial charge in [-0.2, -0.15) is 5.10 Å². The predicted octanol–water partition coefficient (Wildman–Crippen LogP) is 3.40. The molecular weight excluding hydrogens is 421 g/mol. The highest BCUT2D eigenvalue weighted by Gasteiger charge is 2.25. The Kier molecular flexibility index (Phi) is 5.20. The van der Waals surface area contributed by atoms with Crippen molar-refractivity contribution in [3.05, 3.63) is 53.7 Å². The van der Waals surface area contributed by atoms with E-state index < -0.39 is 5.82 Å². The second kappa shape index (κ2) is 8.08. The van der Waals surface area contributed by atoms with Gasteiger partial charge in [-0.15, -0.1) is 0 Å². The molecule has 1 fully saturated rings. The number of amides is 1. The van der Waals surface area contributed by atoms with Crippen molar-refractivity contribution < 1.29 is 9.18 Å². The third-order valence-corrected chi connectivity index (χ3v) is 6.13. The fraction of sp³-hybridized carbons (Fsp3) is 0.333. The van der Waals surface area contributed by atoms with E-state index in [1.807, 2.05) is 13.0 Å². The first-order valence-corrected chi connectivity index (χ1v) is 11.0. The Morgan fingerprint density at radius 2 is 1.82 bits per heavy atom. The summed E-state index contributed by atoms with van der Waals surface area (Å²) in [5.74, 6) is -0.840. The van der Waals surface area contributed by atoms with Crippen LogP contribution in [0.25, 0.3) is 21.9 Å². The average Bonchev–Trinajstić information content (AvgIpc) is 3.18. The first-order valence-electron chi connectivity index (χ1n) is 11.0. The van der Waals surface area contributed by atoms with Crippen molar-refractivity contribution in [3.63, 3.8) is 0 Å². The third kappa shape index (κ3) is 3.78. The number of rotatable bonds is 3. The fourth-order valence-corrected chi connectivity index (χ4v) is 4.71. The summed E-state index contributed by atoms with van der Waals surface area (Å²) in [5.41, 5.74) is 3.99. The van der Waals surface area contributed by atoms with Gasteiger partial charge in [-0.3, -0.25) is 19.4 Å². The molecule has 1 amide bonds. The molecule has 8 nitrogen and oxygen atoms in total. The first-order chi connectivity index (χ1) is 15.8.